The number of para-hydroxylation sites is 1. The predicted molar refractivity (Wildman–Crippen MR) is 187 cm³/mol. The van der Waals surface area contributed by atoms with Crippen molar-refractivity contribution in [3.05, 3.63) is 94.0 Å². The fourth-order valence-corrected chi connectivity index (χ4v) is 7.77. The molecule has 0 radical (unpaired) electrons. The lowest BCUT2D eigenvalue weighted by Gasteiger charge is -2.29. The quantitative estimate of drug-likeness (QED) is 0.0766. The standard InChI is InChI=1S/C34H25Br2Cl3N2O5/c35-25-14-22-23(15-26(25)36)33(44)41(32(22)43)20-10-6-17(7-11-20)28-16-24(21-2-1-3-27(39)30(21)40-28)34(45)46-29(12-13-37)31(42)18-4-8-19(38)9-5-18/h1-11,16,22-23,25-26,29H,12-15H2. The maximum atomic E-state index is 13.7. The van der Waals surface area contributed by atoms with Crippen LogP contribution in [0, 0.1) is 11.8 Å². The first kappa shape index (κ1) is 33.1. The maximum Gasteiger partial charge on any atom is 0.339 e. The lowest BCUT2D eigenvalue weighted by atomic mass is 9.81. The van der Waals surface area contributed by atoms with E-state index in [1.807, 2.05) is 0 Å². The number of esters is 1. The molecule has 5 atom stereocenters. The van der Waals surface area contributed by atoms with Gasteiger partial charge in [-0.05, 0) is 61.4 Å². The molecule has 0 N–H and O–H groups in total. The number of nitrogens with zero attached hydrogens (tertiary/aromatic N) is 2. The number of Topliss-reactive ketones (excluding diaryl/α,β-unsaturated/α-hetero) is 1. The SMILES string of the molecule is O=C(OC(CCCl)C(=O)c1ccc(Cl)cc1)c1cc(-c2ccc(N3C(=O)C4CC(Br)C(Br)CC4C3=O)cc2)nc2c(Cl)cccc12. The first-order valence-corrected chi connectivity index (χ1v) is 17.6. The number of ketones is 1. The molecule has 2 aliphatic rings. The monoisotopic (exact) mass is 804 g/mol. The number of hydrogen-bond acceptors (Lipinski definition) is 6. The van der Waals surface area contributed by atoms with E-state index in [-0.39, 0.29) is 51.2 Å². The third-order valence-electron chi connectivity index (χ3n) is 8.38. The van der Waals surface area contributed by atoms with Crippen LogP contribution in [0.4, 0.5) is 5.69 Å². The molecule has 2 amide bonds. The van der Waals surface area contributed by atoms with E-state index in [1.54, 1.807) is 72.8 Å². The van der Waals surface area contributed by atoms with E-state index in [0.29, 0.717) is 56.3 Å². The molecular formula is C34H25Br2Cl3N2O5. The van der Waals surface area contributed by atoms with Crippen molar-refractivity contribution in [2.75, 3.05) is 10.8 Å². The van der Waals surface area contributed by atoms with E-state index < -0.39 is 17.9 Å². The number of fused-ring (bicyclic) bond motifs is 2. The first-order valence-electron chi connectivity index (χ1n) is 14.5. The van der Waals surface area contributed by atoms with Crippen LogP contribution < -0.4 is 4.90 Å². The van der Waals surface area contributed by atoms with Crippen molar-refractivity contribution in [1.29, 1.82) is 0 Å². The zero-order chi connectivity index (χ0) is 32.7. The third-order valence-corrected chi connectivity index (χ3v) is 11.9. The van der Waals surface area contributed by atoms with E-state index in [4.69, 9.17) is 44.5 Å². The van der Waals surface area contributed by atoms with Crippen LogP contribution in [-0.4, -0.2) is 50.2 Å². The summed E-state index contributed by atoms with van der Waals surface area (Å²) in [6.07, 6.45) is 0.138. The van der Waals surface area contributed by atoms with Crippen LogP contribution in [0.15, 0.2) is 72.8 Å². The molecule has 0 spiro atoms. The van der Waals surface area contributed by atoms with Gasteiger partial charge in [0.25, 0.3) is 0 Å². The van der Waals surface area contributed by atoms with Gasteiger partial charge in [0.05, 0.1) is 39.3 Å². The van der Waals surface area contributed by atoms with Gasteiger partial charge in [-0.3, -0.25) is 19.3 Å². The van der Waals surface area contributed by atoms with Gasteiger partial charge in [0.15, 0.2) is 6.10 Å². The molecule has 236 valence electrons. The van der Waals surface area contributed by atoms with Crippen LogP contribution in [0.25, 0.3) is 22.2 Å². The highest BCUT2D eigenvalue weighted by molar-refractivity contribution is 9.12. The Balaban J connectivity index is 1.31. The summed E-state index contributed by atoms with van der Waals surface area (Å²) in [6, 6.07) is 19.8. The molecule has 2 heterocycles. The number of pyridine rings is 1. The Hall–Kier alpha value is -2.82. The first-order chi connectivity index (χ1) is 22.1. The normalized spacial score (nSPS) is 21.7. The molecule has 6 rings (SSSR count). The lowest BCUT2D eigenvalue weighted by Crippen LogP contribution is -2.34. The minimum Gasteiger partial charge on any atom is -0.450 e. The van der Waals surface area contributed by atoms with Crippen molar-refractivity contribution in [3.63, 3.8) is 0 Å². The summed E-state index contributed by atoms with van der Waals surface area (Å²) in [4.78, 5) is 59.8. The van der Waals surface area contributed by atoms with E-state index in [2.05, 4.69) is 31.9 Å². The van der Waals surface area contributed by atoms with Gasteiger partial charge in [-0.1, -0.05) is 79.3 Å². The molecule has 1 aliphatic heterocycles. The lowest BCUT2D eigenvalue weighted by molar-refractivity contribution is -0.122. The molecule has 4 aromatic rings. The van der Waals surface area contributed by atoms with Crippen LogP contribution in [0.5, 0.6) is 0 Å². The van der Waals surface area contributed by atoms with Crippen molar-refractivity contribution in [2.45, 2.75) is 35.0 Å². The zero-order valence-electron chi connectivity index (χ0n) is 24.0. The summed E-state index contributed by atoms with van der Waals surface area (Å²) in [7, 11) is 0. The van der Waals surface area contributed by atoms with Crippen molar-refractivity contribution in [3.8, 4) is 11.3 Å². The number of imide groups is 1. The molecule has 1 aromatic heterocycles. The number of halogens is 5. The Morgan fingerprint density at radius 2 is 1.54 bits per heavy atom. The molecule has 5 unspecified atom stereocenters. The number of aromatic nitrogens is 1. The molecule has 1 aliphatic carbocycles. The predicted octanol–water partition coefficient (Wildman–Crippen LogP) is 8.67. The Labute approximate surface area is 296 Å². The number of ether oxygens (including phenoxy) is 1. The topological polar surface area (TPSA) is 93.6 Å². The highest BCUT2D eigenvalue weighted by atomic mass is 79.9. The average Bonchev–Trinajstić information content (AvgIpc) is 3.28. The van der Waals surface area contributed by atoms with Crippen molar-refractivity contribution in [2.24, 2.45) is 11.8 Å². The Kier molecular flexibility index (Phi) is 9.88. The number of carbonyl (C=O) groups is 4. The number of benzene rings is 3. The van der Waals surface area contributed by atoms with Crippen molar-refractivity contribution in [1.82, 2.24) is 4.98 Å². The van der Waals surface area contributed by atoms with Crippen LogP contribution >= 0.6 is 66.7 Å². The maximum absolute atomic E-state index is 13.7. The highest BCUT2D eigenvalue weighted by Gasteiger charge is 2.52. The van der Waals surface area contributed by atoms with Crippen molar-refractivity contribution >= 4 is 107 Å². The summed E-state index contributed by atoms with van der Waals surface area (Å²) >= 11 is 25.7. The Morgan fingerprint density at radius 3 is 2.15 bits per heavy atom. The second-order valence-corrected chi connectivity index (χ2v) is 14.8. The summed E-state index contributed by atoms with van der Waals surface area (Å²) < 4.78 is 5.77. The van der Waals surface area contributed by atoms with Crippen LogP contribution in [-0.2, 0) is 14.3 Å². The summed E-state index contributed by atoms with van der Waals surface area (Å²) in [6.45, 7) is 0. The molecule has 0 bridgehead atoms. The number of amides is 2. The minimum atomic E-state index is -1.13. The molecule has 2 fully saturated rings. The van der Waals surface area contributed by atoms with Gasteiger partial charge in [0, 0.05) is 43.5 Å². The van der Waals surface area contributed by atoms with Gasteiger partial charge in [0.1, 0.15) is 0 Å². The smallest absolute Gasteiger partial charge is 0.339 e. The largest absolute Gasteiger partial charge is 0.450 e. The minimum absolute atomic E-state index is 0.0920. The molecule has 46 heavy (non-hydrogen) atoms. The molecule has 12 heteroatoms. The van der Waals surface area contributed by atoms with E-state index in [0.717, 1.165) is 0 Å². The number of alkyl halides is 3. The van der Waals surface area contributed by atoms with Gasteiger partial charge in [-0.25, -0.2) is 9.78 Å². The fraction of sp³-hybridized carbons (Fsp3) is 0.265. The van der Waals surface area contributed by atoms with Gasteiger partial charge in [0.2, 0.25) is 17.6 Å². The number of carbonyl (C=O) groups excluding carboxylic acids is 4. The summed E-state index contributed by atoms with van der Waals surface area (Å²) in [5.74, 6) is -2.18. The highest BCUT2D eigenvalue weighted by Crippen LogP contribution is 2.44. The molecule has 7 nitrogen and oxygen atoms in total. The summed E-state index contributed by atoms with van der Waals surface area (Å²) in [5.41, 5.74) is 2.37. The zero-order valence-corrected chi connectivity index (χ0v) is 29.4. The van der Waals surface area contributed by atoms with Gasteiger partial charge >= 0.3 is 5.97 Å². The van der Waals surface area contributed by atoms with E-state index >= 15 is 0 Å². The number of anilines is 1. The molecular weight excluding hydrogens is 783 g/mol. The molecule has 1 saturated heterocycles. The van der Waals surface area contributed by atoms with E-state index in [9.17, 15) is 19.2 Å². The molecule has 3 aromatic carbocycles. The fourth-order valence-electron chi connectivity index (χ4n) is 6.00. The van der Waals surface area contributed by atoms with Gasteiger partial charge < -0.3 is 4.74 Å². The summed E-state index contributed by atoms with van der Waals surface area (Å²) in [5, 5.41) is 1.25. The average molecular weight is 808 g/mol. The van der Waals surface area contributed by atoms with Crippen molar-refractivity contribution < 1.29 is 23.9 Å². The van der Waals surface area contributed by atoms with Gasteiger partial charge in [-0.2, -0.15) is 0 Å². The van der Waals surface area contributed by atoms with Crippen LogP contribution in [0.3, 0.4) is 0 Å². The number of hydrogen-bond donors (Lipinski definition) is 0. The second kappa shape index (κ2) is 13.7. The van der Waals surface area contributed by atoms with E-state index in [1.165, 1.54) is 4.90 Å². The third kappa shape index (κ3) is 6.37. The van der Waals surface area contributed by atoms with Crippen LogP contribution in [0.2, 0.25) is 10.0 Å². The number of rotatable bonds is 8. The second-order valence-electron chi connectivity index (χ2n) is 11.2. The van der Waals surface area contributed by atoms with Crippen LogP contribution in [0.1, 0.15) is 40.0 Å². The Bertz CT molecular complexity index is 1830. The Morgan fingerprint density at radius 1 is 0.913 bits per heavy atom. The molecule has 1 saturated carbocycles. The van der Waals surface area contributed by atoms with Gasteiger partial charge in [-0.15, -0.1) is 11.6 Å².